The van der Waals surface area contributed by atoms with E-state index < -0.39 is 0 Å². The highest BCUT2D eigenvalue weighted by Gasteiger charge is 2.24. The maximum absolute atomic E-state index is 6.48. The molecular weight excluding hydrogens is 334 g/mol. The van der Waals surface area contributed by atoms with Gasteiger partial charge in [-0.2, -0.15) is 0 Å². The Morgan fingerprint density at radius 3 is 2.40 bits per heavy atom. The second kappa shape index (κ2) is 9.69. The van der Waals surface area contributed by atoms with Gasteiger partial charge in [-0.25, -0.2) is 0 Å². The van der Waals surface area contributed by atoms with Crippen molar-refractivity contribution < 1.29 is 9.47 Å². The Morgan fingerprint density at radius 1 is 1.00 bits per heavy atom. The van der Waals surface area contributed by atoms with E-state index >= 15 is 0 Å². The van der Waals surface area contributed by atoms with Crippen LogP contribution in [-0.4, -0.2) is 6.61 Å². The Hall–Kier alpha value is -1.71. The van der Waals surface area contributed by atoms with Crippen molar-refractivity contribution in [3.63, 3.8) is 0 Å². The molecule has 0 bridgehead atoms. The summed E-state index contributed by atoms with van der Waals surface area (Å²) >= 11 is 0. The lowest BCUT2D eigenvalue weighted by Gasteiger charge is -2.21. The zero-order chi connectivity index (χ0) is 16.8. The van der Waals surface area contributed by atoms with Gasteiger partial charge in [0, 0.05) is 6.04 Å². The number of hydrogen-bond acceptors (Lipinski definition) is 3. The third-order valence-corrected chi connectivity index (χ3v) is 4.80. The lowest BCUT2D eigenvalue weighted by molar-refractivity contribution is 0.268. The van der Waals surface area contributed by atoms with E-state index in [0.717, 1.165) is 22.6 Å². The normalized spacial score (nSPS) is 15.4. The van der Waals surface area contributed by atoms with Crippen molar-refractivity contribution in [2.24, 2.45) is 11.7 Å². The Morgan fingerprint density at radius 2 is 1.72 bits per heavy atom. The van der Waals surface area contributed by atoms with Gasteiger partial charge in [-0.1, -0.05) is 49.2 Å². The molecule has 3 rings (SSSR count). The average Bonchev–Trinajstić information content (AvgIpc) is 3.16. The summed E-state index contributed by atoms with van der Waals surface area (Å²) in [6.45, 7) is 3.14. The molecule has 1 fully saturated rings. The minimum atomic E-state index is 0. The lowest BCUT2D eigenvalue weighted by atomic mass is 9.92. The van der Waals surface area contributed by atoms with Crippen molar-refractivity contribution in [2.75, 3.05) is 6.61 Å². The molecule has 4 heteroatoms. The molecule has 0 heterocycles. The summed E-state index contributed by atoms with van der Waals surface area (Å²) in [4.78, 5) is 0. The minimum Gasteiger partial charge on any atom is -0.490 e. The van der Waals surface area contributed by atoms with Crippen molar-refractivity contribution in [3.05, 3.63) is 59.7 Å². The molecule has 1 aliphatic rings. The largest absolute Gasteiger partial charge is 0.490 e. The molecule has 0 saturated heterocycles. The highest BCUT2D eigenvalue weighted by Crippen LogP contribution is 2.37. The molecule has 1 aliphatic carbocycles. The molecule has 0 aromatic heterocycles. The van der Waals surface area contributed by atoms with Crippen molar-refractivity contribution in [3.8, 4) is 11.5 Å². The monoisotopic (exact) mass is 361 g/mol. The first kappa shape index (κ1) is 19.6. The van der Waals surface area contributed by atoms with Crippen LogP contribution in [0.3, 0.4) is 0 Å². The molecular formula is C21H28ClNO2. The van der Waals surface area contributed by atoms with Gasteiger partial charge in [-0.05, 0) is 48.9 Å². The number of benzene rings is 2. The second-order valence-corrected chi connectivity index (χ2v) is 6.48. The maximum Gasteiger partial charge on any atom is 0.161 e. The summed E-state index contributed by atoms with van der Waals surface area (Å²) in [5, 5.41) is 0. The summed E-state index contributed by atoms with van der Waals surface area (Å²) in [5.41, 5.74) is 8.78. The fourth-order valence-electron chi connectivity index (χ4n) is 3.44. The number of nitrogens with two attached hydrogens (primary N) is 1. The standard InChI is InChI=1S/C21H27NO2.ClH/c1-2-23-20-14-18(21(22)17-10-6-7-11-17)12-13-19(20)24-15-16-8-4-3-5-9-16;/h3-5,8-9,12-14,17,21H,2,6-7,10-11,15,22H2,1H3;1H/t21-;/m0./s1. The third-order valence-electron chi connectivity index (χ3n) is 4.80. The van der Waals surface area contributed by atoms with Crippen LogP contribution in [0.5, 0.6) is 11.5 Å². The van der Waals surface area contributed by atoms with Gasteiger partial charge >= 0.3 is 0 Å². The lowest BCUT2D eigenvalue weighted by Crippen LogP contribution is -2.19. The summed E-state index contributed by atoms with van der Waals surface area (Å²) in [6, 6.07) is 16.4. The Labute approximate surface area is 156 Å². The Bertz CT molecular complexity index is 642. The van der Waals surface area contributed by atoms with Crippen molar-refractivity contribution in [1.29, 1.82) is 0 Å². The SMILES string of the molecule is CCOc1cc([C@@H](N)C2CCCC2)ccc1OCc1ccccc1.Cl. The van der Waals surface area contributed by atoms with E-state index in [1.165, 1.54) is 25.7 Å². The van der Waals surface area contributed by atoms with Crippen molar-refractivity contribution in [1.82, 2.24) is 0 Å². The van der Waals surface area contributed by atoms with Crippen LogP contribution in [-0.2, 0) is 6.61 Å². The summed E-state index contributed by atoms with van der Waals surface area (Å²) < 4.78 is 11.8. The van der Waals surface area contributed by atoms with Gasteiger partial charge in [0.2, 0.25) is 0 Å². The molecule has 2 aromatic rings. The van der Waals surface area contributed by atoms with Crippen LogP contribution >= 0.6 is 12.4 Å². The predicted octanol–water partition coefficient (Wildman–Crippen LogP) is 5.28. The molecule has 1 saturated carbocycles. The van der Waals surface area contributed by atoms with Gasteiger partial charge in [0.05, 0.1) is 6.61 Å². The topological polar surface area (TPSA) is 44.5 Å². The average molecular weight is 362 g/mol. The summed E-state index contributed by atoms with van der Waals surface area (Å²) in [7, 11) is 0. The fourth-order valence-corrected chi connectivity index (χ4v) is 3.44. The predicted molar refractivity (Wildman–Crippen MR) is 105 cm³/mol. The molecule has 25 heavy (non-hydrogen) atoms. The Kier molecular flexibility index (Phi) is 7.60. The quantitative estimate of drug-likeness (QED) is 0.730. The van der Waals surface area contributed by atoms with Gasteiger partial charge in [-0.15, -0.1) is 12.4 Å². The first-order valence-electron chi connectivity index (χ1n) is 8.97. The molecule has 1 atom stereocenters. The van der Waals surface area contributed by atoms with Crippen LogP contribution < -0.4 is 15.2 Å². The first-order chi connectivity index (χ1) is 11.8. The minimum absolute atomic E-state index is 0. The number of halogens is 1. The van der Waals surface area contributed by atoms with E-state index in [-0.39, 0.29) is 18.4 Å². The van der Waals surface area contributed by atoms with E-state index in [9.17, 15) is 0 Å². The van der Waals surface area contributed by atoms with E-state index in [2.05, 4.69) is 24.3 Å². The highest BCUT2D eigenvalue weighted by molar-refractivity contribution is 5.85. The maximum atomic E-state index is 6.48. The molecule has 0 unspecified atom stereocenters. The molecule has 0 aliphatic heterocycles. The van der Waals surface area contributed by atoms with Crippen LogP contribution in [0.4, 0.5) is 0 Å². The zero-order valence-corrected chi connectivity index (χ0v) is 15.6. The molecule has 0 amide bonds. The summed E-state index contributed by atoms with van der Waals surface area (Å²) in [5.74, 6) is 2.16. The van der Waals surface area contributed by atoms with Gasteiger partial charge in [0.15, 0.2) is 11.5 Å². The molecule has 0 radical (unpaired) electrons. The third kappa shape index (κ3) is 5.13. The zero-order valence-electron chi connectivity index (χ0n) is 14.8. The van der Waals surface area contributed by atoms with Crippen molar-refractivity contribution >= 4 is 12.4 Å². The van der Waals surface area contributed by atoms with Gasteiger partial charge < -0.3 is 15.2 Å². The molecule has 2 aromatic carbocycles. The fraction of sp³-hybridized carbons (Fsp3) is 0.429. The summed E-state index contributed by atoms with van der Waals surface area (Å²) in [6.07, 6.45) is 5.07. The van der Waals surface area contributed by atoms with E-state index in [1.807, 2.05) is 31.2 Å². The molecule has 3 nitrogen and oxygen atoms in total. The van der Waals surface area contributed by atoms with Crippen LogP contribution in [0, 0.1) is 5.92 Å². The van der Waals surface area contributed by atoms with E-state index in [1.54, 1.807) is 0 Å². The second-order valence-electron chi connectivity index (χ2n) is 6.48. The van der Waals surface area contributed by atoms with Gasteiger partial charge in [0.1, 0.15) is 6.61 Å². The van der Waals surface area contributed by atoms with E-state index in [4.69, 9.17) is 15.2 Å². The van der Waals surface area contributed by atoms with Crippen LogP contribution in [0.1, 0.15) is 49.8 Å². The molecule has 0 spiro atoms. The van der Waals surface area contributed by atoms with Gasteiger partial charge in [-0.3, -0.25) is 0 Å². The molecule has 136 valence electrons. The van der Waals surface area contributed by atoms with Gasteiger partial charge in [0.25, 0.3) is 0 Å². The number of ether oxygens (including phenoxy) is 2. The smallest absolute Gasteiger partial charge is 0.161 e. The van der Waals surface area contributed by atoms with E-state index in [0.29, 0.717) is 19.1 Å². The highest BCUT2D eigenvalue weighted by atomic mass is 35.5. The van der Waals surface area contributed by atoms with Crippen LogP contribution in [0.25, 0.3) is 0 Å². The van der Waals surface area contributed by atoms with Crippen LogP contribution in [0.15, 0.2) is 48.5 Å². The number of rotatable bonds is 7. The number of hydrogen-bond donors (Lipinski definition) is 1. The van der Waals surface area contributed by atoms with Crippen LogP contribution in [0.2, 0.25) is 0 Å². The Balaban J connectivity index is 0.00000225. The van der Waals surface area contributed by atoms with Crippen molar-refractivity contribution in [2.45, 2.75) is 45.3 Å². The molecule has 2 N–H and O–H groups in total. The first-order valence-corrected chi connectivity index (χ1v) is 8.97.